The first kappa shape index (κ1) is 16.4. The van der Waals surface area contributed by atoms with Crippen molar-refractivity contribution >= 4 is 23.4 Å². The number of carbonyl (C=O) groups is 1. The fraction of sp³-hybridized carbons (Fsp3) is 0.278. The number of hydrogen-bond acceptors (Lipinski definition) is 4. The van der Waals surface area contributed by atoms with Gasteiger partial charge in [0.05, 0.1) is 11.7 Å². The maximum absolute atomic E-state index is 11.9. The first-order valence-electron chi connectivity index (χ1n) is 7.26. The molecule has 2 aromatic carbocycles. The molecule has 0 saturated carbocycles. The molecule has 22 heavy (non-hydrogen) atoms. The molecule has 0 aliphatic heterocycles. The summed E-state index contributed by atoms with van der Waals surface area (Å²) >= 11 is 1.81. The van der Waals surface area contributed by atoms with Gasteiger partial charge < -0.3 is 10.5 Å². The topological polar surface area (TPSA) is 52.3 Å². The molecule has 2 aromatic rings. The first-order valence-corrected chi connectivity index (χ1v) is 8.42. The summed E-state index contributed by atoms with van der Waals surface area (Å²) in [4.78, 5) is 11.9. The zero-order valence-electron chi connectivity index (χ0n) is 12.9. The number of ether oxygens (including phenoxy) is 1. The van der Waals surface area contributed by atoms with E-state index in [4.69, 9.17) is 10.5 Å². The summed E-state index contributed by atoms with van der Waals surface area (Å²) in [6.07, 6.45) is -0.101. The molecular weight excluding hydrogens is 294 g/mol. The summed E-state index contributed by atoms with van der Waals surface area (Å²) < 4.78 is 5.22. The fourth-order valence-corrected chi connectivity index (χ4v) is 2.92. The normalized spacial score (nSPS) is 10.7. The number of benzene rings is 2. The van der Waals surface area contributed by atoms with Crippen LogP contribution in [0.5, 0.6) is 0 Å². The fourth-order valence-electron chi connectivity index (χ4n) is 1.97. The lowest BCUT2D eigenvalue weighted by Gasteiger charge is -2.09. The van der Waals surface area contributed by atoms with E-state index in [-0.39, 0.29) is 12.1 Å². The number of nitrogens with two attached hydrogens (primary N) is 1. The predicted molar refractivity (Wildman–Crippen MR) is 92.8 cm³/mol. The minimum Gasteiger partial charge on any atom is -0.459 e. The van der Waals surface area contributed by atoms with Crippen LogP contribution < -0.4 is 5.73 Å². The number of esters is 1. The maximum atomic E-state index is 11.9. The maximum Gasteiger partial charge on any atom is 0.338 e. The van der Waals surface area contributed by atoms with Gasteiger partial charge in [-0.1, -0.05) is 24.3 Å². The monoisotopic (exact) mass is 315 g/mol. The average Bonchev–Trinajstić information content (AvgIpc) is 2.49. The SMILES string of the molecule is CC(C)OC(=O)c1cccc(CSCc2ccc(N)cc2)c1. The molecule has 0 amide bonds. The molecule has 0 aliphatic carbocycles. The van der Waals surface area contributed by atoms with Gasteiger partial charge in [0.2, 0.25) is 0 Å². The van der Waals surface area contributed by atoms with E-state index < -0.39 is 0 Å². The average molecular weight is 315 g/mol. The number of nitrogen functional groups attached to an aromatic ring is 1. The summed E-state index contributed by atoms with van der Waals surface area (Å²) in [7, 11) is 0. The molecule has 0 heterocycles. The molecule has 0 unspecified atom stereocenters. The molecule has 0 radical (unpaired) electrons. The van der Waals surface area contributed by atoms with E-state index in [2.05, 4.69) is 0 Å². The lowest BCUT2D eigenvalue weighted by Crippen LogP contribution is -2.11. The van der Waals surface area contributed by atoms with Crippen molar-refractivity contribution in [3.63, 3.8) is 0 Å². The second kappa shape index (κ2) is 7.90. The van der Waals surface area contributed by atoms with Gasteiger partial charge in [0.15, 0.2) is 0 Å². The minimum atomic E-state index is -0.264. The van der Waals surface area contributed by atoms with Crippen LogP contribution in [0.25, 0.3) is 0 Å². The van der Waals surface area contributed by atoms with Crippen molar-refractivity contribution in [2.45, 2.75) is 31.5 Å². The Labute approximate surface area is 135 Å². The third-order valence-electron chi connectivity index (χ3n) is 3.02. The Kier molecular flexibility index (Phi) is 5.90. The Morgan fingerprint density at radius 1 is 1.09 bits per heavy atom. The molecule has 2 rings (SSSR count). The molecule has 0 fully saturated rings. The lowest BCUT2D eigenvalue weighted by molar-refractivity contribution is 0.0378. The molecule has 0 spiro atoms. The Morgan fingerprint density at radius 2 is 1.77 bits per heavy atom. The Morgan fingerprint density at radius 3 is 2.45 bits per heavy atom. The largest absolute Gasteiger partial charge is 0.459 e. The van der Waals surface area contributed by atoms with Crippen LogP contribution >= 0.6 is 11.8 Å². The van der Waals surface area contributed by atoms with Crippen LogP contribution in [-0.4, -0.2) is 12.1 Å². The molecular formula is C18H21NO2S. The number of thioether (sulfide) groups is 1. The van der Waals surface area contributed by atoms with Crippen molar-refractivity contribution in [2.24, 2.45) is 0 Å². The highest BCUT2D eigenvalue weighted by molar-refractivity contribution is 7.97. The third-order valence-corrected chi connectivity index (χ3v) is 4.10. The zero-order valence-corrected chi connectivity index (χ0v) is 13.7. The molecule has 3 nitrogen and oxygen atoms in total. The van der Waals surface area contributed by atoms with Gasteiger partial charge in [0, 0.05) is 17.2 Å². The van der Waals surface area contributed by atoms with E-state index in [1.54, 1.807) is 17.8 Å². The van der Waals surface area contributed by atoms with Crippen LogP contribution in [0.15, 0.2) is 48.5 Å². The standard InChI is InChI=1S/C18H21NO2S/c1-13(2)21-18(20)16-5-3-4-15(10-16)12-22-11-14-6-8-17(19)9-7-14/h3-10,13H,11-12,19H2,1-2H3. The highest BCUT2D eigenvalue weighted by Crippen LogP contribution is 2.19. The highest BCUT2D eigenvalue weighted by Gasteiger charge is 2.09. The molecule has 2 N–H and O–H groups in total. The van der Waals surface area contributed by atoms with Crippen LogP contribution in [0.2, 0.25) is 0 Å². The smallest absolute Gasteiger partial charge is 0.338 e. The highest BCUT2D eigenvalue weighted by atomic mass is 32.2. The van der Waals surface area contributed by atoms with Gasteiger partial charge >= 0.3 is 5.97 Å². The van der Waals surface area contributed by atoms with E-state index in [1.165, 1.54) is 5.56 Å². The molecule has 116 valence electrons. The summed E-state index contributed by atoms with van der Waals surface area (Å²) in [5, 5.41) is 0. The number of anilines is 1. The molecule has 0 aromatic heterocycles. The molecule has 4 heteroatoms. The quantitative estimate of drug-likeness (QED) is 0.639. The molecule has 0 saturated heterocycles. The van der Waals surface area contributed by atoms with E-state index >= 15 is 0 Å². The van der Waals surface area contributed by atoms with Crippen LogP contribution in [0.1, 0.15) is 35.3 Å². The van der Waals surface area contributed by atoms with Crippen molar-refractivity contribution in [1.82, 2.24) is 0 Å². The van der Waals surface area contributed by atoms with E-state index in [9.17, 15) is 4.79 Å². The van der Waals surface area contributed by atoms with Gasteiger partial charge in [-0.2, -0.15) is 11.8 Å². The van der Waals surface area contributed by atoms with Gasteiger partial charge in [0.1, 0.15) is 0 Å². The van der Waals surface area contributed by atoms with Crippen molar-refractivity contribution < 1.29 is 9.53 Å². The Bertz CT molecular complexity index is 623. The second-order valence-corrected chi connectivity index (χ2v) is 6.37. The molecule has 0 atom stereocenters. The van der Waals surface area contributed by atoms with Gasteiger partial charge in [-0.25, -0.2) is 4.79 Å². The van der Waals surface area contributed by atoms with Crippen LogP contribution in [0.3, 0.4) is 0 Å². The number of hydrogen-bond donors (Lipinski definition) is 1. The first-order chi connectivity index (χ1) is 10.5. The molecule has 0 aliphatic rings. The third kappa shape index (κ3) is 5.11. The number of carbonyl (C=O) groups excluding carboxylic acids is 1. The summed E-state index contributed by atoms with van der Waals surface area (Å²) in [5.41, 5.74) is 9.44. The van der Waals surface area contributed by atoms with Crippen LogP contribution in [0, 0.1) is 0 Å². The van der Waals surface area contributed by atoms with Gasteiger partial charge in [-0.3, -0.25) is 0 Å². The second-order valence-electron chi connectivity index (χ2n) is 5.39. The van der Waals surface area contributed by atoms with E-state index in [0.29, 0.717) is 5.56 Å². The van der Waals surface area contributed by atoms with Crippen molar-refractivity contribution in [1.29, 1.82) is 0 Å². The van der Waals surface area contributed by atoms with Crippen molar-refractivity contribution in [2.75, 3.05) is 5.73 Å². The number of rotatable bonds is 6. The van der Waals surface area contributed by atoms with Crippen molar-refractivity contribution in [3.8, 4) is 0 Å². The van der Waals surface area contributed by atoms with E-state index in [1.807, 2.05) is 56.3 Å². The zero-order chi connectivity index (χ0) is 15.9. The van der Waals surface area contributed by atoms with E-state index in [0.717, 1.165) is 22.8 Å². The lowest BCUT2D eigenvalue weighted by atomic mass is 10.1. The summed E-state index contributed by atoms with van der Waals surface area (Å²) in [6.45, 7) is 3.70. The summed E-state index contributed by atoms with van der Waals surface area (Å²) in [6, 6.07) is 15.5. The summed E-state index contributed by atoms with van der Waals surface area (Å²) in [5.74, 6) is 1.51. The van der Waals surface area contributed by atoms with Crippen LogP contribution in [-0.2, 0) is 16.2 Å². The van der Waals surface area contributed by atoms with Crippen LogP contribution in [0.4, 0.5) is 5.69 Å². The Balaban J connectivity index is 1.90. The van der Waals surface area contributed by atoms with Gasteiger partial charge in [0.25, 0.3) is 0 Å². The minimum absolute atomic E-state index is 0.101. The Hall–Kier alpha value is -1.94. The van der Waals surface area contributed by atoms with Gasteiger partial charge in [-0.15, -0.1) is 0 Å². The predicted octanol–water partition coefficient (Wildman–Crippen LogP) is 4.27. The van der Waals surface area contributed by atoms with Gasteiger partial charge in [-0.05, 0) is 49.2 Å². The molecule has 0 bridgehead atoms. The van der Waals surface area contributed by atoms with Crippen molar-refractivity contribution in [3.05, 3.63) is 65.2 Å².